The SMILES string of the molecule is S=C1Cc2cccnc2O1. The topological polar surface area (TPSA) is 22.1 Å². The molecule has 0 spiro atoms. The van der Waals surface area contributed by atoms with E-state index in [2.05, 4.69) is 4.98 Å². The lowest BCUT2D eigenvalue weighted by atomic mass is 10.2. The Hall–Kier alpha value is -0.960. The van der Waals surface area contributed by atoms with E-state index in [0.717, 1.165) is 12.0 Å². The van der Waals surface area contributed by atoms with E-state index in [1.165, 1.54) is 0 Å². The maximum absolute atomic E-state index is 5.13. The van der Waals surface area contributed by atoms with E-state index in [-0.39, 0.29) is 0 Å². The third kappa shape index (κ3) is 0.789. The summed E-state index contributed by atoms with van der Waals surface area (Å²) < 4.78 is 5.13. The molecule has 1 aromatic heterocycles. The molecule has 0 atom stereocenters. The van der Waals surface area contributed by atoms with Crippen LogP contribution in [0.1, 0.15) is 5.56 Å². The molecule has 2 heterocycles. The first-order valence-electron chi connectivity index (χ1n) is 3.01. The minimum absolute atomic E-state index is 0.619. The van der Waals surface area contributed by atoms with Gasteiger partial charge in [0.05, 0.1) is 0 Å². The molecule has 10 heavy (non-hydrogen) atoms. The van der Waals surface area contributed by atoms with Crippen LogP contribution in [0.25, 0.3) is 0 Å². The highest BCUT2D eigenvalue weighted by Gasteiger charge is 2.16. The molecular weight excluding hydrogens is 146 g/mol. The van der Waals surface area contributed by atoms with Gasteiger partial charge < -0.3 is 4.74 Å². The first-order chi connectivity index (χ1) is 4.86. The first kappa shape index (κ1) is 5.80. The maximum atomic E-state index is 5.13. The van der Waals surface area contributed by atoms with Gasteiger partial charge >= 0.3 is 0 Å². The van der Waals surface area contributed by atoms with Crippen molar-refractivity contribution in [2.75, 3.05) is 0 Å². The van der Waals surface area contributed by atoms with Gasteiger partial charge in [-0.3, -0.25) is 0 Å². The minimum Gasteiger partial charge on any atom is -0.431 e. The van der Waals surface area contributed by atoms with Gasteiger partial charge in [-0.1, -0.05) is 6.07 Å². The normalized spacial score (nSPS) is 14.6. The molecule has 50 valence electrons. The van der Waals surface area contributed by atoms with Gasteiger partial charge in [-0.2, -0.15) is 0 Å². The van der Waals surface area contributed by atoms with Crippen LogP contribution in [0.4, 0.5) is 0 Å². The Morgan fingerprint density at radius 2 is 2.50 bits per heavy atom. The number of fused-ring (bicyclic) bond motifs is 1. The second kappa shape index (κ2) is 2.02. The molecule has 0 unspecified atom stereocenters. The van der Waals surface area contributed by atoms with Crippen molar-refractivity contribution in [3.05, 3.63) is 23.9 Å². The van der Waals surface area contributed by atoms with Crippen molar-refractivity contribution in [1.29, 1.82) is 0 Å². The first-order valence-corrected chi connectivity index (χ1v) is 3.41. The number of ether oxygens (including phenoxy) is 1. The van der Waals surface area contributed by atoms with E-state index < -0.39 is 0 Å². The van der Waals surface area contributed by atoms with E-state index in [4.69, 9.17) is 17.0 Å². The Bertz CT molecular complexity index is 258. The van der Waals surface area contributed by atoms with Crippen molar-refractivity contribution in [3.63, 3.8) is 0 Å². The minimum atomic E-state index is 0.619. The van der Waals surface area contributed by atoms with Crippen LogP contribution in [0.2, 0.25) is 0 Å². The lowest BCUT2D eigenvalue weighted by Crippen LogP contribution is -1.97. The highest BCUT2D eigenvalue weighted by atomic mass is 32.1. The molecule has 0 aromatic carbocycles. The summed E-state index contributed by atoms with van der Waals surface area (Å²) in [5, 5.41) is 0.619. The number of rotatable bonds is 0. The third-order valence-corrected chi connectivity index (χ3v) is 1.62. The van der Waals surface area contributed by atoms with E-state index in [1.54, 1.807) is 6.20 Å². The summed E-state index contributed by atoms with van der Waals surface area (Å²) in [5.41, 5.74) is 1.09. The molecule has 0 radical (unpaired) electrons. The van der Waals surface area contributed by atoms with Gasteiger partial charge in [0.15, 0.2) is 5.05 Å². The summed E-state index contributed by atoms with van der Waals surface area (Å²) in [6, 6.07) is 3.86. The van der Waals surface area contributed by atoms with Gasteiger partial charge in [-0.25, -0.2) is 4.98 Å². The fraction of sp³-hybridized carbons (Fsp3) is 0.143. The van der Waals surface area contributed by atoms with Gasteiger partial charge in [0, 0.05) is 18.2 Å². The van der Waals surface area contributed by atoms with E-state index >= 15 is 0 Å². The Morgan fingerprint density at radius 1 is 1.60 bits per heavy atom. The summed E-state index contributed by atoms with van der Waals surface area (Å²) in [7, 11) is 0. The number of pyridine rings is 1. The van der Waals surface area contributed by atoms with E-state index in [9.17, 15) is 0 Å². The van der Waals surface area contributed by atoms with Crippen LogP contribution in [0, 0.1) is 0 Å². The van der Waals surface area contributed by atoms with Crippen LogP contribution in [0.5, 0.6) is 5.88 Å². The Kier molecular flexibility index (Phi) is 1.17. The fourth-order valence-electron chi connectivity index (χ4n) is 0.950. The van der Waals surface area contributed by atoms with Gasteiger partial charge in [0.25, 0.3) is 0 Å². The van der Waals surface area contributed by atoms with Crippen LogP contribution < -0.4 is 4.74 Å². The lowest BCUT2D eigenvalue weighted by Gasteiger charge is -1.91. The van der Waals surface area contributed by atoms with Crippen molar-refractivity contribution >= 4 is 17.3 Å². The fourth-order valence-corrected chi connectivity index (χ4v) is 1.18. The zero-order chi connectivity index (χ0) is 6.97. The second-order valence-corrected chi connectivity index (χ2v) is 2.57. The molecule has 0 bridgehead atoms. The molecule has 1 aromatic rings. The predicted molar refractivity (Wildman–Crippen MR) is 41.2 cm³/mol. The van der Waals surface area contributed by atoms with Crippen molar-refractivity contribution in [1.82, 2.24) is 4.98 Å². The van der Waals surface area contributed by atoms with Crippen molar-refractivity contribution < 1.29 is 4.74 Å². The molecule has 0 fully saturated rings. The molecule has 0 amide bonds. The molecule has 2 nitrogen and oxygen atoms in total. The Morgan fingerprint density at radius 3 is 3.30 bits per heavy atom. The molecule has 0 aliphatic carbocycles. The average Bonchev–Trinajstić information content (AvgIpc) is 2.27. The van der Waals surface area contributed by atoms with Crippen molar-refractivity contribution in [2.24, 2.45) is 0 Å². The molecule has 1 aliphatic rings. The number of nitrogens with zero attached hydrogens (tertiary/aromatic N) is 1. The number of hydrogen-bond acceptors (Lipinski definition) is 3. The largest absolute Gasteiger partial charge is 0.431 e. The number of hydrogen-bond donors (Lipinski definition) is 0. The number of thiocarbonyl (C=S) groups is 1. The highest BCUT2D eigenvalue weighted by molar-refractivity contribution is 7.80. The monoisotopic (exact) mass is 151 g/mol. The quantitative estimate of drug-likeness (QED) is 0.522. The zero-order valence-corrected chi connectivity index (χ0v) is 6.02. The van der Waals surface area contributed by atoms with E-state index in [0.29, 0.717) is 10.9 Å². The summed E-state index contributed by atoms with van der Waals surface area (Å²) in [5.74, 6) is 0.674. The van der Waals surface area contributed by atoms with E-state index in [1.807, 2.05) is 12.1 Å². The van der Waals surface area contributed by atoms with Crippen LogP contribution in [0.3, 0.4) is 0 Å². The van der Waals surface area contributed by atoms with Gasteiger partial charge in [0.1, 0.15) is 0 Å². The van der Waals surface area contributed by atoms with Crippen LogP contribution in [-0.2, 0) is 6.42 Å². The van der Waals surface area contributed by atoms with Crippen LogP contribution >= 0.6 is 12.2 Å². The summed E-state index contributed by atoms with van der Waals surface area (Å²) in [6.45, 7) is 0. The Balaban J connectivity index is 2.51. The Labute approximate surface area is 63.8 Å². The predicted octanol–water partition coefficient (Wildman–Crippen LogP) is 1.34. The number of aromatic nitrogens is 1. The van der Waals surface area contributed by atoms with Crippen LogP contribution in [0.15, 0.2) is 18.3 Å². The molecule has 3 heteroatoms. The van der Waals surface area contributed by atoms with Crippen molar-refractivity contribution in [3.8, 4) is 5.88 Å². The van der Waals surface area contributed by atoms with Crippen molar-refractivity contribution in [2.45, 2.75) is 6.42 Å². The maximum Gasteiger partial charge on any atom is 0.223 e. The second-order valence-electron chi connectivity index (χ2n) is 2.12. The molecule has 0 saturated heterocycles. The zero-order valence-electron chi connectivity index (χ0n) is 5.20. The molecular formula is C7H5NOS. The van der Waals surface area contributed by atoms with Crippen LogP contribution in [-0.4, -0.2) is 10.0 Å². The smallest absolute Gasteiger partial charge is 0.223 e. The molecule has 1 aliphatic heterocycles. The van der Waals surface area contributed by atoms with Gasteiger partial charge in [-0.15, -0.1) is 0 Å². The molecule has 2 rings (SSSR count). The standard InChI is InChI=1S/C7H5NOS/c10-6-4-5-2-1-3-8-7(5)9-6/h1-3H,4H2. The van der Waals surface area contributed by atoms with Gasteiger partial charge in [-0.05, 0) is 18.3 Å². The summed E-state index contributed by atoms with van der Waals surface area (Å²) >= 11 is 4.86. The molecule has 0 saturated carbocycles. The average molecular weight is 151 g/mol. The highest BCUT2D eigenvalue weighted by Crippen LogP contribution is 2.22. The van der Waals surface area contributed by atoms with Gasteiger partial charge in [0.2, 0.25) is 5.88 Å². The lowest BCUT2D eigenvalue weighted by molar-refractivity contribution is 0.555. The third-order valence-electron chi connectivity index (χ3n) is 1.40. The molecule has 0 N–H and O–H groups in total. The summed E-state index contributed by atoms with van der Waals surface area (Å²) in [4.78, 5) is 4.00. The summed E-state index contributed by atoms with van der Waals surface area (Å²) in [6.07, 6.45) is 2.44.